The number of methoxy groups -OCH3 is 1. The van der Waals surface area contributed by atoms with Crippen molar-refractivity contribution in [1.82, 2.24) is 0 Å². The molecule has 0 saturated carbocycles. The molecule has 0 aromatic heterocycles. The number of anilines is 1. The van der Waals surface area contributed by atoms with Gasteiger partial charge in [-0.25, -0.2) is 4.79 Å². The van der Waals surface area contributed by atoms with E-state index in [1.807, 2.05) is 4.90 Å². The predicted molar refractivity (Wildman–Crippen MR) is 81.3 cm³/mol. The van der Waals surface area contributed by atoms with E-state index in [1.54, 1.807) is 18.2 Å². The molecule has 2 N–H and O–H groups in total. The number of halogens is 1. The van der Waals surface area contributed by atoms with Gasteiger partial charge in [0.15, 0.2) is 6.04 Å². The van der Waals surface area contributed by atoms with E-state index >= 15 is 0 Å². The van der Waals surface area contributed by atoms with Crippen molar-refractivity contribution in [1.29, 1.82) is 0 Å². The van der Waals surface area contributed by atoms with E-state index in [0.717, 1.165) is 5.69 Å². The number of ether oxygens (including phenoxy) is 2. The van der Waals surface area contributed by atoms with Crippen molar-refractivity contribution in [2.45, 2.75) is 6.04 Å². The Hall–Kier alpha value is -1.37. The summed E-state index contributed by atoms with van der Waals surface area (Å²) in [5, 5.41) is 0.551. The van der Waals surface area contributed by atoms with Gasteiger partial charge in [-0.05, 0) is 18.2 Å². The molecule has 1 heterocycles. The van der Waals surface area contributed by atoms with E-state index in [4.69, 9.17) is 39.0 Å². The first-order valence-corrected chi connectivity index (χ1v) is 6.84. The smallest absolute Gasteiger partial charge is 0.330 e. The zero-order valence-electron chi connectivity index (χ0n) is 11.0. The van der Waals surface area contributed by atoms with Gasteiger partial charge in [-0.2, -0.15) is 0 Å². The molecule has 1 aliphatic rings. The number of carbonyl (C=O) groups is 1. The molecule has 20 heavy (non-hydrogen) atoms. The van der Waals surface area contributed by atoms with Crippen LogP contribution in [0, 0.1) is 0 Å². The number of esters is 1. The standard InChI is InChI=1S/C13H15ClN2O3S/c1-18-13(17)11-7-19-5-4-16(11)10-6-8(14)2-3-9(10)12(15)20/h2-3,6,11H,4-5,7H2,1H3,(H2,15,20). The second-order valence-corrected chi connectivity index (χ2v) is 5.21. The maximum absolute atomic E-state index is 11.9. The fourth-order valence-electron chi connectivity index (χ4n) is 2.17. The highest BCUT2D eigenvalue weighted by atomic mass is 35.5. The maximum Gasteiger partial charge on any atom is 0.330 e. The second kappa shape index (κ2) is 6.39. The third-order valence-electron chi connectivity index (χ3n) is 3.14. The predicted octanol–water partition coefficient (Wildman–Crippen LogP) is 1.35. The number of hydrogen-bond donors (Lipinski definition) is 1. The molecule has 108 valence electrons. The molecular formula is C13H15ClN2O3S. The molecular weight excluding hydrogens is 300 g/mol. The van der Waals surface area contributed by atoms with Crippen LogP contribution in [0.5, 0.6) is 0 Å². The van der Waals surface area contributed by atoms with Gasteiger partial charge in [0.1, 0.15) is 4.99 Å². The lowest BCUT2D eigenvalue weighted by molar-refractivity contribution is -0.144. The van der Waals surface area contributed by atoms with Crippen molar-refractivity contribution in [2.75, 3.05) is 31.8 Å². The summed E-state index contributed by atoms with van der Waals surface area (Å²) in [6.07, 6.45) is 0. The summed E-state index contributed by atoms with van der Waals surface area (Å²) in [6, 6.07) is 4.69. The molecule has 1 aromatic carbocycles. The van der Waals surface area contributed by atoms with Crippen LogP contribution < -0.4 is 10.6 Å². The van der Waals surface area contributed by atoms with Crippen LogP contribution in [-0.2, 0) is 14.3 Å². The van der Waals surface area contributed by atoms with Gasteiger partial charge in [0.05, 0.1) is 20.3 Å². The SMILES string of the molecule is COC(=O)C1COCCN1c1cc(Cl)ccc1C(N)=S. The van der Waals surface area contributed by atoms with Crippen LogP contribution in [0.25, 0.3) is 0 Å². The van der Waals surface area contributed by atoms with Crippen LogP contribution >= 0.6 is 23.8 Å². The summed E-state index contributed by atoms with van der Waals surface area (Å²) >= 11 is 11.1. The quantitative estimate of drug-likeness (QED) is 0.671. The van der Waals surface area contributed by atoms with Crippen molar-refractivity contribution in [3.8, 4) is 0 Å². The van der Waals surface area contributed by atoms with Crippen LogP contribution in [0.2, 0.25) is 5.02 Å². The number of hydrogen-bond acceptors (Lipinski definition) is 5. The Kier molecular flexibility index (Phi) is 4.80. The third kappa shape index (κ3) is 3.03. The molecule has 1 fully saturated rings. The Labute approximate surface area is 127 Å². The maximum atomic E-state index is 11.9. The lowest BCUT2D eigenvalue weighted by atomic mass is 10.1. The van der Waals surface area contributed by atoms with Crippen molar-refractivity contribution in [2.24, 2.45) is 5.73 Å². The van der Waals surface area contributed by atoms with E-state index in [9.17, 15) is 4.79 Å². The zero-order chi connectivity index (χ0) is 14.7. The molecule has 0 amide bonds. The molecule has 5 nitrogen and oxygen atoms in total. The summed E-state index contributed by atoms with van der Waals surface area (Å²) in [6.45, 7) is 1.31. The molecule has 0 radical (unpaired) electrons. The monoisotopic (exact) mass is 314 g/mol. The Morgan fingerprint density at radius 3 is 3.00 bits per heavy atom. The molecule has 0 spiro atoms. The second-order valence-electron chi connectivity index (χ2n) is 4.33. The van der Waals surface area contributed by atoms with Crippen LogP contribution in [0.15, 0.2) is 18.2 Å². The Morgan fingerprint density at radius 2 is 2.35 bits per heavy atom. The number of benzene rings is 1. The van der Waals surface area contributed by atoms with Gasteiger partial charge >= 0.3 is 5.97 Å². The summed E-state index contributed by atoms with van der Waals surface area (Å²) < 4.78 is 10.2. The van der Waals surface area contributed by atoms with Gasteiger partial charge in [0.2, 0.25) is 0 Å². The number of thiocarbonyl (C=S) groups is 1. The summed E-state index contributed by atoms with van der Waals surface area (Å²) in [7, 11) is 1.35. The topological polar surface area (TPSA) is 64.8 Å². The lowest BCUT2D eigenvalue weighted by Crippen LogP contribution is -2.51. The molecule has 0 aliphatic carbocycles. The van der Waals surface area contributed by atoms with E-state index in [-0.39, 0.29) is 17.6 Å². The highest BCUT2D eigenvalue weighted by Gasteiger charge is 2.32. The number of nitrogens with two attached hydrogens (primary N) is 1. The lowest BCUT2D eigenvalue weighted by Gasteiger charge is -2.36. The molecule has 1 aliphatic heterocycles. The Bertz CT molecular complexity index is 538. The van der Waals surface area contributed by atoms with Crippen molar-refractivity contribution >= 4 is 40.5 Å². The number of nitrogens with zero attached hydrogens (tertiary/aromatic N) is 1. The normalized spacial score (nSPS) is 18.7. The minimum atomic E-state index is -0.527. The highest BCUT2D eigenvalue weighted by Crippen LogP contribution is 2.28. The summed E-state index contributed by atoms with van der Waals surface area (Å²) in [4.78, 5) is 14.0. The molecule has 1 saturated heterocycles. The molecule has 1 aromatic rings. The van der Waals surface area contributed by atoms with Gasteiger partial charge in [0.25, 0.3) is 0 Å². The fraction of sp³-hybridized carbons (Fsp3) is 0.385. The number of carbonyl (C=O) groups excluding carboxylic acids is 1. The minimum absolute atomic E-state index is 0.256. The molecule has 1 unspecified atom stereocenters. The zero-order valence-corrected chi connectivity index (χ0v) is 12.5. The van der Waals surface area contributed by atoms with Gasteiger partial charge in [-0.1, -0.05) is 23.8 Å². The Morgan fingerprint density at radius 1 is 1.60 bits per heavy atom. The summed E-state index contributed by atoms with van der Waals surface area (Å²) in [5.41, 5.74) is 7.15. The van der Waals surface area contributed by atoms with E-state index < -0.39 is 6.04 Å². The van der Waals surface area contributed by atoms with Crippen molar-refractivity contribution < 1.29 is 14.3 Å². The molecule has 7 heteroatoms. The van der Waals surface area contributed by atoms with Crippen LogP contribution in [-0.4, -0.2) is 43.9 Å². The Balaban J connectivity index is 2.44. The fourth-order valence-corrected chi connectivity index (χ4v) is 2.51. The highest BCUT2D eigenvalue weighted by molar-refractivity contribution is 7.80. The molecule has 2 rings (SSSR count). The summed E-state index contributed by atoms with van der Waals surface area (Å²) in [5.74, 6) is -0.362. The largest absolute Gasteiger partial charge is 0.467 e. The van der Waals surface area contributed by atoms with E-state index in [1.165, 1.54) is 7.11 Å². The van der Waals surface area contributed by atoms with Crippen molar-refractivity contribution in [3.05, 3.63) is 28.8 Å². The van der Waals surface area contributed by atoms with Crippen LogP contribution in [0.4, 0.5) is 5.69 Å². The number of morpholine rings is 1. The third-order valence-corrected chi connectivity index (χ3v) is 3.59. The minimum Gasteiger partial charge on any atom is -0.467 e. The van der Waals surface area contributed by atoms with Crippen LogP contribution in [0.1, 0.15) is 5.56 Å². The first kappa shape index (κ1) is 15.0. The van der Waals surface area contributed by atoms with Gasteiger partial charge in [-0.3, -0.25) is 0 Å². The molecule has 1 atom stereocenters. The van der Waals surface area contributed by atoms with Crippen molar-refractivity contribution in [3.63, 3.8) is 0 Å². The first-order chi connectivity index (χ1) is 9.54. The van der Waals surface area contributed by atoms with E-state index in [2.05, 4.69) is 0 Å². The average Bonchev–Trinajstić information content (AvgIpc) is 2.46. The van der Waals surface area contributed by atoms with Gasteiger partial charge in [-0.15, -0.1) is 0 Å². The first-order valence-electron chi connectivity index (χ1n) is 6.06. The van der Waals surface area contributed by atoms with Gasteiger partial charge in [0, 0.05) is 22.8 Å². The van der Waals surface area contributed by atoms with Gasteiger partial charge < -0.3 is 20.1 Å². The van der Waals surface area contributed by atoms with Crippen LogP contribution in [0.3, 0.4) is 0 Å². The van der Waals surface area contributed by atoms with E-state index in [0.29, 0.717) is 23.7 Å². The average molecular weight is 315 g/mol. The molecule has 0 bridgehead atoms. The number of rotatable bonds is 3.